The van der Waals surface area contributed by atoms with Crippen molar-refractivity contribution in [1.82, 2.24) is 4.90 Å². The normalized spacial score (nSPS) is 10.4. The summed E-state index contributed by atoms with van der Waals surface area (Å²) in [5, 5.41) is 0. The van der Waals surface area contributed by atoms with Gasteiger partial charge in [0, 0.05) is 26.1 Å². The lowest BCUT2D eigenvalue weighted by atomic mass is 10.1. The predicted octanol–water partition coefficient (Wildman–Crippen LogP) is 2.60. The van der Waals surface area contributed by atoms with Crippen molar-refractivity contribution in [2.75, 3.05) is 19.6 Å². The molecule has 0 fully saturated rings. The fraction of sp³-hybridized carbons (Fsp3) is 0.562. The molecule has 0 aliphatic heterocycles. The molecule has 0 radical (unpaired) electrons. The maximum atomic E-state index is 12.1. The van der Waals surface area contributed by atoms with Crippen molar-refractivity contribution in [1.29, 1.82) is 0 Å². The van der Waals surface area contributed by atoms with Crippen molar-refractivity contribution in [3.8, 4) is 0 Å². The fourth-order valence-corrected chi connectivity index (χ4v) is 2.11. The summed E-state index contributed by atoms with van der Waals surface area (Å²) < 4.78 is 0. The maximum Gasteiger partial charge on any atom is 0.222 e. The van der Waals surface area contributed by atoms with E-state index in [1.165, 1.54) is 5.56 Å². The Bertz CT molecular complexity index is 351. The van der Waals surface area contributed by atoms with Crippen LogP contribution in [0.1, 0.15) is 38.2 Å². The Kier molecular flexibility index (Phi) is 7.91. The highest BCUT2D eigenvalue weighted by atomic mass is 16.2. The fourth-order valence-electron chi connectivity index (χ4n) is 2.11. The predicted molar refractivity (Wildman–Crippen MR) is 79.9 cm³/mol. The molecule has 0 saturated heterocycles. The molecule has 106 valence electrons. The molecular formula is C16H26N2O. The number of carbonyl (C=O) groups excluding carboxylic acids is 1. The van der Waals surface area contributed by atoms with E-state index >= 15 is 0 Å². The van der Waals surface area contributed by atoms with Gasteiger partial charge in [-0.05, 0) is 24.8 Å². The molecule has 0 atom stereocenters. The number of hydrogen-bond donors (Lipinski definition) is 1. The van der Waals surface area contributed by atoms with E-state index in [9.17, 15) is 4.79 Å². The third kappa shape index (κ3) is 6.39. The van der Waals surface area contributed by atoms with E-state index < -0.39 is 0 Å². The Hall–Kier alpha value is -1.35. The van der Waals surface area contributed by atoms with Crippen LogP contribution in [0.15, 0.2) is 30.3 Å². The van der Waals surface area contributed by atoms with Crippen LogP contribution in [0.3, 0.4) is 0 Å². The molecule has 0 spiro atoms. The Morgan fingerprint density at radius 3 is 2.53 bits per heavy atom. The van der Waals surface area contributed by atoms with Gasteiger partial charge in [-0.25, -0.2) is 0 Å². The van der Waals surface area contributed by atoms with Crippen LogP contribution in [-0.2, 0) is 11.2 Å². The van der Waals surface area contributed by atoms with E-state index in [-0.39, 0.29) is 5.91 Å². The van der Waals surface area contributed by atoms with Crippen LogP contribution < -0.4 is 5.73 Å². The first-order chi connectivity index (χ1) is 9.27. The quantitative estimate of drug-likeness (QED) is 0.743. The summed E-state index contributed by atoms with van der Waals surface area (Å²) in [6.45, 7) is 4.22. The molecule has 2 N–H and O–H groups in total. The third-order valence-electron chi connectivity index (χ3n) is 3.23. The number of unbranched alkanes of at least 4 members (excludes halogenated alkanes) is 1. The van der Waals surface area contributed by atoms with Crippen LogP contribution in [0.25, 0.3) is 0 Å². The largest absolute Gasteiger partial charge is 0.341 e. The van der Waals surface area contributed by atoms with Crippen LogP contribution in [-0.4, -0.2) is 30.4 Å². The molecule has 3 heteroatoms. The van der Waals surface area contributed by atoms with E-state index in [4.69, 9.17) is 5.73 Å². The van der Waals surface area contributed by atoms with Gasteiger partial charge in [-0.15, -0.1) is 0 Å². The molecule has 1 aromatic carbocycles. The van der Waals surface area contributed by atoms with Crippen molar-refractivity contribution in [3.05, 3.63) is 35.9 Å². The molecule has 0 saturated carbocycles. The van der Waals surface area contributed by atoms with E-state index in [1.807, 2.05) is 23.1 Å². The number of aryl methyl sites for hydroxylation is 1. The molecule has 3 nitrogen and oxygen atoms in total. The first-order valence-electron chi connectivity index (χ1n) is 7.29. The Morgan fingerprint density at radius 1 is 1.16 bits per heavy atom. The number of benzene rings is 1. The van der Waals surface area contributed by atoms with Crippen molar-refractivity contribution < 1.29 is 4.79 Å². The molecule has 0 aliphatic rings. The number of nitrogens with zero attached hydrogens (tertiary/aromatic N) is 1. The van der Waals surface area contributed by atoms with Crippen LogP contribution in [0, 0.1) is 0 Å². The first kappa shape index (κ1) is 15.7. The molecule has 0 unspecified atom stereocenters. The van der Waals surface area contributed by atoms with Gasteiger partial charge in [0.2, 0.25) is 5.91 Å². The summed E-state index contributed by atoms with van der Waals surface area (Å²) in [4.78, 5) is 14.0. The lowest BCUT2D eigenvalue weighted by Crippen LogP contribution is -2.36. The summed E-state index contributed by atoms with van der Waals surface area (Å²) in [7, 11) is 0. The highest BCUT2D eigenvalue weighted by Crippen LogP contribution is 2.07. The molecule has 1 aromatic rings. The summed E-state index contributed by atoms with van der Waals surface area (Å²) >= 11 is 0. The van der Waals surface area contributed by atoms with Crippen LogP contribution in [0.2, 0.25) is 0 Å². The van der Waals surface area contributed by atoms with Gasteiger partial charge in [-0.1, -0.05) is 43.7 Å². The number of hydrogen-bond acceptors (Lipinski definition) is 2. The Balaban J connectivity index is 2.31. The lowest BCUT2D eigenvalue weighted by Gasteiger charge is -2.21. The lowest BCUT2D eigenvalue weighted by molar-refractivity contribution is -0.131. The molecule has 19 heavy (non-hydrogen) atoms. The minimum absolute atomic E-state index is 0.245. The van der Waals surface area contributed by atoms with Gasteiger partial charge in [0.05, 0.1) is 0 Å². The van der Waals surface area contributed by atoms with Crippen molar-refractivity contribution >= 4 is 5.91 Å². The highest BCUT2D eigenvalue weighted by Gasteiger charge is 2.11. The molecular weight excluding hydrogens is 236 g/mol. The van der Waals surface area contributed by atoms with Gasteiger partial charge in [0.1, 0.15) is 0 Å². The number of amides is 1. The average Bonchev–Trinajstić information content (AvgIpc) is 2.44. The van der Waals surface area contributed by atoms with Crippen LogP contribution >= 0.6 is 0 Å². The third-order valence-corrected chi connectivity index (χ3v) is 3.23. The van der Waals surface area contributed by atoms with Gasteiger partial charge >= 0.3 is 0 Å². The SMILES string of the molecule is CCCCN(CCN)C(=O)CCCc1ccccc1. The van der Waals surface area contributed by atoms with Crippen molar-refractivity contribution in [2.24, 2.45) is 5.73 Å². The minimum Gasteiger partial charge on any atom is -0.341 e. The van der Waals surface area contributed by atoms with Crippen molar-refractivity contribution in [3.63, 3.8) is 0 Å². The number of nitrogens with two attached hydrogens (primary N) is 1. The summed E-state index contributed by atoms with van der Waals surface area (Å²) in [6, 6.07) is 10.3. The molecule has 1 rings (SSSR count). The maximum absolute atomic E-state index is 12.1. The van der Waals surface area contributed by atoms with E-state index in [0.29, 0.717) is 19.5 Å². The molecule has 0 heterocycles. The van der Waals surface area contributed by atoms with Gasteiger partial charge in [-0.2, -0.15) is 0 Å². The van der Waals surface area contributed by atoms with Crippen LogP contribution in [0.5, 0.6) is 0 Å². The van der Waals surface area contributed by atoms with Crippen LogP contribution in [0.4, 0.5) is 0 Å². The molecule has 0 aromatic heterocycles. The van der Waals surface area contributed by atoms with Gasteiger partial charge < -0.3 is 10.6 Å². The minimum atomic E-state index is 0.245. The van der Waals surface area contributed by atoms with E-state index in [1.54, 1.807) is 0 Å². The second-order valence-electron chi connectivity index (χ2n) is 4.86. The molecule has 0 aliphatic carbocycles. The second kappa shape index (κ2) is 9.56. The van der Waals surface area contributed by atoms with Crippen molar-refractivity contribution in [2.45, 2.75) is 39.0 Å². The monoisotopic (exact) mass is 262 g/mol. The Morgan fingerprint density at radius 2 is 1.89 bits per heavy atom. The zero-order chi connectivity index (χ0) is 13.9. The zero-order valence-electron chi connectivity index (χ0n) is 12.0. The van der Waals surface area contributed by atoms with Gasteiger partial charge in [0.25, 0.3) is 0 Å². The summed E-state index contributed by atoms with van der Waals surface area (Å²) in [6.07, 6.45) is 4.67. The van der Waals surface area contributed by atoms with Gasteiger partial charge in [0.15, 0.2) is 0 Å². The zero-order valence-corrected chi connectivity index (χ0v) is 12.0. The van der Waals surface area contributed by atoms with Gasteiger partial charge in [-0.3, -0.25) is 4.79 Å². The topological polar surface area (TPSA) is 46.3 Å². The summed E-state index contributed by atoms with van der Waals surface area (Å²) in [5.41, 5.74) is 6.86. The van der Waals surface area contributed by atoms with E-state index in [0.717, 1.165) is 32.2 Å². The molecule has 1 amide bonds. The molecule has 0 bridgehead atoms. The number of carbonyl (C=O) groups is 1. The average molecular weight is 262 g/mol. The second-order valence-corrected chi connectivity index (χ2v) is 4.86. The highest BCUT2D eigenvalue weighted by molar-refractivity contribution is 5.76. The summed E-state index contributed by atoms with van der Waals surface area (Å²) in [5.74, 6) is 0.245. The Labute approximate surface area is 116 Å². The smallest absolute Gasteiger partial charge is 0.222 e. The first-order valence-corrected chi connectivity index (χ1v) is 7.29. The standard InChI is InChI=1S/C16H26N2O/c1-2-3-13-18(14-12-17)16(19)11-7-10-15-8-5-4-6-9-15/h4-6,8-9H,2-3,7,10-14,17H2,1H3. The van der Waals surface area contributed by atoms with E-state index in [2.05, 4.69) is 19.1 Å². The number of rotatable bonds is 9.